The zero-order valence-electron chi connectivity index (χ0n) is 11.0. The van der Waals surface area contributed by atoms with Gasteiger partial charge < -0.3 is 10.6 Å². The van der Waals surface area contributed by atoms with E-state index in [0.717, 1.165) is 31.5 Å². The summed E-state index contributed by atoms with van der Waals surface area (Å²) in [5.74, 6) is 0.0454. The predicted molar refractivity (Wildman–Crippen MR) is 78.8 cm³/mol. The van der Waals surface area contributed by atoms with Gasteiger partial charge in [-0.15, -0.1) is 0 Å². The molecule has 1 aromatic rings. The maximum absolute atomic E-state index is 12.3. The second-order valence-corrected chi connectivity index (χ2v) is 4.62. The van der Waals surface area contributed by atoms with Crippen LogP contribution in [-0.4, -0.2) is 28.9 Å². The highest BCUT2D eigenvalue weighted by Gasteiger charge is 2.14. The minimum absolute atomic E-state index is 0.0454. The number of thiocarbonyl (C=S) groups is 1. The van der Waals surface area contributed by atoms with E-state index in [2.05, 4.69) is 6.92 Å². The van der Waals surface area contributed by atoms with Crippen molar-refractivity contribution in [2.24, 2.45) is 5.73 Å². The largest absolute Gasteiger partial charge is 0.389 e. The predicted octanol–water partition coefficient (Wildman–Crippen LogP) is 2.58. The zero-order valence-corrected chi connectivity index (χ0v) is 11.8. The van der Waals surface area contributed by atoms with Crippen LogP contribution in [0.2, 0.25) is 0 Å². The third-order valence-electron chi connectivity index (χ3n) is 2.84. The Morgan fingerprint density at radius 1 is 1.33 bits per heavy atom. The second kappa shape index (κ2) is 7.11. The number of rotatable bonds is 6. The van der Waals surface area contributed by atoms with Crippen molar-refractivity contribution in [2.45, 2.75) is 26.7 Å². The summed E-state index contributed by atoms with van der Waals surface area (Å²) < 4.78 is 0. The maximum atomic E-state index is 12.3. The summed E-state index contributed by atoms with van der Waals surface area (Å²) in [7, 11) is 0. The molecule has 0 unspecified atom stereocenters. The van der Waals surface area contributed by atoms with Crippen LogP contribution in [0.3, 0.4) is 0 Å². The van der Waals surface area contributed by atoms with Gasteiger partial charge in [0, 0.05) is 24.2 Å². The van der Waals surface area contributed by atoms with E-state index >= 15 is 0 Å². The number of carbonyl (C=O) groups is 1. The molecule has 98 valence electrons. The van der Waals surface area contributed by atoms with Crippen LogP contribution in [0.1, 0.15) is 42.6 Å². The lowest BCUT2D eigenvalue weighted by atomic mass is 10.1. The van der Waals surface area contributed by atoms with Gasteiger partial charge in [0.25, 0.3) is 5.91 Å². The number of carbonyl (C=O) groups excluding carboxylic acids is 1. The Morgan fingerprint density at radius 3 is 2.56 bits per heavy atom. The first kappa shape index (κ1) is 14.6. The van der Waals surface area contributed by atoms with Crippen LogP contribution in [0, 0.1) is 0 Å². The summed E-state index contributed by atoms with van der Waals surface area (Å²) >= 11 is 4.93. The van der Waals surface area contributed by atoms with Crippen molar-refractivity contribution in [3.63, 3.8) is 0 Å². The molecular formula is C14H20N2OS. The maximum Gasteiger partial charge on any atom is 0.253 e. The molecule has 0 bridgehead atoms. The van der Waals surface area contributed by atoms with E-state index in [9.17, 15) is 4.79 Å². The molecule has 0 fully saturated rings. The van der Waals surface area contributed by atoms with Gasteiger partial charge in [-0.1, -0.05) is 37.7 Å². The number of nitrogens with two attached hydrogens (primary N) is 1. The number of unbranched alkanes of at least 4 members (excludes halogenated alkanes) is 1. The molecule has 18 heavy (non-hydrogen) atoms. The molecule has 0 aromatic heterocycles. The summed E-state index contributed by atoms with van der Waals surface area (Å²) in [6.07, 6.45) is 2.10. The van der Waals surface area contributed by atoms with E-state index in [0.29, 0.717) is 10.6 Å². The quantitative estimate of drug-likeness (QED) is 0.803. The topological polar surface area (TPSA) is 46.3 Å². The van der Waals surface area contributed by atoms with Gasteiger partial charge in [-0.05, 0) is 25.5 Å². The van der Waals surface area contributed by atoms with Gasteiger partial charge in [0.05, 0.1) is 0 Å². The molecule has 0 spiro atoms. The average Bonchev–Trinajstić information content (AvgIpc) is 2.39. The van der Waals surface area contributed by atoms with Gasteiger partial charge in [-0.25, -0.2) is 0 Å². The van der Waals surface area contributed by atoms with E-state index in [1.54, 1.807) is 12.1 Å². The normalized spacial score (nSPS) is 10.1. The van der Waals surface area contributed by atoms with Crippen LogP contribution in [0.25, 0.3) is 0 Å². The van der Waals surface area contributed by atoms with Crippen LogP contribution in [0.4, 0.5) is 0 Å². The summed E-state index contributed by atoms with van der Waals surface area (Å²) in [6, 6.07) is 7.20. The van der Waals surface area contributed by atoms with Crippen molar-refractivity contribution in [1.82, 2.24) is 4.90 Å². The van der Waals surface area contributed by atoms with E-state index in [4.69, 9.17) is 18.0 Å². The fourth-order valence-corrected chi connectivity index (χ4v) is 1.87. The standard InChI is InChI=1S/C14H20N2OS/c1-3-5-9-16(4-2)14(17)12-8-6-7-11(10-12)13(15)18/h6-8,10H,3-5,9H2,1-2H3,(H2,15,18). The molecule has 0 saturated heterocycles. The van der Waals surface area contributed by atoms with E-state index < -0.39 is 0 Å². The Kier molecular flexibility index (Phi) is 5.78. The van der Waals surface area contributed by atoms with Crippen molar-refractivity contribution in [3.8, 4) is 0 Å². The lowest BCUT2D eigenvalue weighted by molar-refractivity contribution is 0.0762. The highest BCUT2D eigenvalue weighted by Crippen LogP contribution is 2.09. The molecule has 1 rings (SSSR count). The Morgan fingerprint density at radius 2 is 2.00 bits per heavy atom. The van der Waals surface area contributed by atoms with Crippen molar-refractivity contribution in [2.75, 3.05) is 13.1 Å². The molecule has 0 radical (unpaired) electrons. The Labute approximate surface area is 114 Å². The minimum Gasteiger partial charge on any atom is -0.389 e. The fourth-order valence-electron chi connectivity index (χ4n) is 1.74. The Balaban J connectivity index is 2.87. The van der Waals surface area contributed by atoms with E-state index in [-0.39, 0.29) is 5.91 Å². The molecule has 0 aliphatic carbocycles. The SMILES string of the molecule is CCCCN(CC)C(=O)c1cccc(C(N)=S)c1. The fraction of sp³-hybridized carbons (Fsp3) is 0.429. The minimum atomic E-state index is 0.0454. The first-order valence-electron chi connectivity index (χ1n) is 6.29. The highest BCUT2D eigenvalue weighted by atomic mass is 32.1. The van der Waals surface area contributed by atoms with Gasteiger partial charge in [0.15, 0.2) is 0 Å². The summed E-state index contributed by atoms with van der Waals surface area (Å²) in [4.78, 5) is 14.5. The molecule has 0 heterocycles. The molecule has 0 aliphatic heterocycles. The second-order valence-electron chi connectivity index (χ2n) is 4.18. The molecule has 1 amide bonds. The summed E-state index contributed by atoms with van der Waals surface area (Å²) in [5, 5.41) is 0. The van der Waals surface area contributed by atoms with Gasteiger partial charge in [-0.3, -0.25) is 4.79 Å². The average molecular weight is 264 g/mol. The Bertz CT molecular complexity index is 432. The third kappa shape index (κ3) is 3.81. The van der Waals surface area contributed by atoms with Crippen LogP contribution in [0.5, 0.6) is 0 Å². The number of benzene rings is 1. The molecular weight excluding hydrogens is 244 g/mol. The lowest BCUT2D eigenvalue weighted by Gasteiger charge is -2.20. The number of hydrogen-bond acceptors (Lipinski definition) is 2. The van der Waals surface area contributed by atoms with E-state index in [1.165, 1.54) is 0 Å². The molecule has 0 saturated carbocycles. The van der Waals surface area contributed by atoms with Crippen molar-refractivity contribution >= 4 is 23.1 Å². The monoisotopic (exact) mass is 264 g/mol. The van der Waals surface area contributed by atoms with Crippen LogP contribution in [0.15, 0.2) is 24.3 Å². The van der Waals surface area contributed by atoms with Crippen LogP contribution in [-0.2, 0) is 0 Å². The number of amides is 1. The van der Waals surface area contributed by atoms with Gasteiger partial charge >= 0.3 is 0 Å². The third-order valence-corrected chi connectivity index (χ3v) is 3.08. The summed E-state index contributed by atoms with van der Waals surface area (Å²) in [5.41, 5.74) is 6.97. The van der Waals surface area contributed by atoms with E-state index in [1.807, 2.05) is 24.0 Å². The zero-order chi connectivity index (χ0) is 13.5. The molecule has 4 heteroatoms. The van der Waals surface area contributed by atoms with Crippen molar-refractivity contribution < 1.29 is 4.79 Å². The molecule has 0 aliphatic rings. The lowest BCUT2D eigenvalue weighted by Crippen LogP contribution is -2.31. The van der Waals surface area contributed by atoms with Crippen molar-refractivity contribution in [1.29, 1.82) is 0 Å². The van der Waals surface area contributed by atoms with Gasteiger partial charge in [0.2, 0.25) is 0 Å². The van der Waals surface area contributed by atoms with Gasteiger partial charge in [0.1, 0.15) is 4.99 Å². The Hall–Kier alpha value is -1.42. The first-order chi connectivity index (χ1) is 8.60. The summed E-state index contributed by atoms with van der Waals surface area (Å²) in [6.45, 7) is 5.62. The van der Waals surface area contributed by atoms with Gasteiger partial charge in [-0.2, -0.15) is 0 Å². The van der Waals surface area contributed by atoms with Crippen LogP contribution < -0.4 is 5.73 Å². The molecule has 0 atom stereocenters. The molecule has 1 aromatic carbocycles. The number of hydrogen-bond donors (Lipinski definition) is 1. The molecule has 3 nitrogen and oxygen atoms in total. The van der Waals surface area contributed by atoms with Crippen LogP contribution >= 0.6 is 12.2 Å². The smallest absolute Gasteiger partial charge is 0.253 e. The highest BCUT2D eigenvalue weighted by molar-refractivity contribution is 7.80. The first-order valence-corrected chi connectivity index (χ1v) is 6.70. The van der Waals surface area contributed by atoms with Crippen molar-refractivity contribution in [3.05, 3.63) is 35.4 Å². The number of nitrogens with zero attached hydrogens (tertiary/aromatic N) is 1. The molecule has 2 N–H and O–H groups in total.